The highest BCUT2D eigenvalue weighted by molar-refractivity contribution is 7.15. The van der Waals surface area contributed by atoms with Crippen LogP contribution < -0.4 is 5.32 Å². The number of carboxylic acid groups (broad SMARTS) is 1. The number of hydrogen-bond acceptors (Lipinski definition) is 5. The van der Waals surface area contributed by atoms with Crippen molar-refractivity contribution in [3.63, 3.8) is 0 Å². The van der Waals surface area contributed by atoms with Gasteiger partial charge in [-0.3, -0.25) is 4.79 Å². The van der Waals surface area contributed by atoms with Crippen LogP contribution in [0.3, 0.4) is 0 Å². The van der Waals surface area contributed by atoms with Crippen molar-refractivity contribution in [2.24, 2.45) is 5.92 Å². The molecule has 3 atom stereocenters. The van der Waals surface area contributed by atoms with E-state index < -0.39 is 11.9 Å². The van der Waals surface area contributed by atoms with Crippen molar-refractivity contribution in [1.82, 2.24) is 9.88 Å². The van der Waals surface area contributed by atoms with E-state index in [0.717, 1.165) is 54.5 Å². The van der Waals surface area contributed by atoms with Gasteiger partial charge in [0.2, 0.25) is 0 Å². The van der Waals surface area contributed by atoms with E-state index in [1.807, 2.05) is 0 Å². The summed E-state index contributed by atoms with van der Waals surface area (Å²) >= 11 is 1.65. The standard InChI is InChI=1S/C15H23N3O2S/c1-9-8-18(2)7-6-11(9)16-15-17-13-10(14(19)20)4-3-5-12(13)21-15/h9-11H,3-8H2,1-2H3,(H,16,17)(H,19,20). The zero-order valence-corrected chi connectivity index (χ0v) is 13.4. The van der Waals surface area contributed by atoms with Gasteiger partial charge in [-0.15, -0.1) is 11.3 Å². The number of nitrogens with zero attached hydrogens (tertiary/aromatic N) is 2. The Bertz CT molecular complexity index is 531. The molecule has 116 valence electrons. The summed E-state index contributed by atoms with van der Waals surface area (Å²) in [4.78, 5) is 19.5. The monoisotopic (exact) mass is 309 g/mol. The number of carbonyl (C=O) groups is 1. The zero-order chi connectivity index (χ0) is 15.0. The molecular weight excluding hydrogens is 286 g/mol. The number of fused-ring (bicyclic) bond motifs is 1. The van der Waals surface area contributed by atoms with E-state index in [9.17, 15) is 9.90 Å². The van der Waals surface area contributed by atoms with E-state index >= 15 is 0 Å². The smallest absolute Gasteiger partial charge is 0.312 e. The Balaban J connectivity index is 1.74. The van der Waals surface area contributed by atoms with Crippen LogP contribution >= 0.6 is 11.3 Å². The fourth-order valence-corrected chi connectivity index (χ4v) is 4.57. The number of aromatic nitrogens is 1. The van der Waals surface area contributed by atoms with Gasteiger partial charge in [0, 0.05) is 17.5 Å². The number of piperidine rings is 1. The molecule has 0 bridgehead atoms. The minimum Gasteiger partial charge on any atom is -0.481 e. The average molecular weight is 309 g/mol. The number of anilines is 1. The number of aryl methyl sites for hydroxylation is 1. The Morgan fingerprint density at radius 3 is 3.00 bits per heavy atom. The Hall–Kier alpha value is -1.14. The summed E-state index contributed by atoms with van der Waals surface area (Å²) in [7, 11) is 2.16. The summed E-state index contributed by atoms with van der Waals surface area (Å²) in [6.45, 7) is 4.46. The van der Waals surface area contributed by atoms with Crippen LogP contribution in [0.25, 0.3) is 0 Å². The molecule has 5 nitrogen and oxygen atoms in total. The van der Waals surface area contributed by atoms with Crippen LogP contribution in [0.2, 0.25) is 0 Å². The average Bonchev–Trinajstić information content (AvgIpc) is 2.83. The lowest BCUT2D eigenvalue weighted by Gasteiger charge is -2.35. The predicted molar refractivity (Wildman–Crippen MR) is 84.1 cm³/mol. The number of hydrogen-bond donors (Lipinski definition) is 2. The third-order valence-electron chi connectivity index (χ3n) is 4.67. The fraction of sp³-hybridized carbons (Fsp3) is 0.733. The Kier molecular flexibility index (Phi) is 4.17. The van der Waals surface area contributed by atoms with Crippen molar-refractivity contribution in [3.8, 4) is 0 Å². The Morgan fingerprint density at radius 2 is 2.29 bits per heavy atom. The van der Waals surface area contributed by atoms with Gasteiger partial charge in [0.15, 0.2) is 5.13 Å². The summed E-state index contributed by atoms with van der Waals surface area (Å²) in [5.74, 6) is -0.559. The summed E-state index contributed by atoms with van der Waals surface area (Å²) < 4.78 is 0. The molecule has 1 saturated heterocycles. The largest absolute Gasteiger partial charge is 0.481 e. The highest BCUT2D eigenvalue weighted by Gasteiger charge is 2.31. The molecule has 0 spiro atoms. The molecule has 1 aromatic rings. The highest BCUT2D eigenvalue weighted by Crippen LogP contribution is 2.37. The molecule has 1 aromatic heterocycles. The quantitative estimate of drug-likeness (QED) is 0.897. The number of nitrogens with one attached hydrogen (secondary N) is 1. The maximum atomic E-state index is 11.3. The van der Waals surface area contributed by atoms with E-state index in [1.54, 1.807) is 11.3 Å². The van der Waals surface area contributed by atoms with Crippen molar-refractivity contribution >= 4 is 22.4 Å². The number of likely N-dealkylation sites (tertiary alicyclic amines) is 1. The first-order valence-electron chi connectivity index (χ1n) is 7.72. The second-order valence-electron chi connectivity index (χ2n) is 6.39. The van der Waals surface area contributed by atoms with Gasteiger partial charge in [-0.25, -0.2) is 4.98 Å². The molecule has 3 unspecified atom stereocenters. The van der Waals surface area contributed by atoms with Gasteiger partial charge in [0.1, 0.15) is 5.92 Å². The molecule has 6 heteroatoms. The normalized spacial score (nSPS) is 29.9. The minimum atomic E-state index is -0.736. The Labute approximate surface area is 129 Å². The molecule has 0 aromatic carbocycles. The van der Waals surface area contributed by atoms with Crippen LogP contribution in [-0.2, 0) is 11.2 Å². The van der Waals surface area contributed by atoms with Crippen LogP contribution in [0.1, 0.15) is 42.7 Å². The van der Waals surface area contributed by atoms with Crippen LogP contribution in [-0.4, -0.2) is 47.1 Å². The van der Waals surface area contributed by atoms with Gasteiger partial charge in [-0.2, -0.15) is 0 Å². The number of rotatable bonds is 3. The van der Waals surface area contributed by atoms with Gasteiger partial charge in [0.05, 0.1) is 5.69 Å². The maximum absolute atomic E-state index is 11.3. The van der Waals surface area contributed by atoms with Crippen molar-refractivity contribution in [2.45, 2.75) is 44.6 Å². The summed E-state index contributed by atoms with van der Waals surface area (Å²) in [5, 5.41) is 13.8. The lowest BCUT2D eigenvalue weighted by atomic mass is 9.91. The number of carboxylic acids is 1. The predicted octanol–water partition coefficient (Wildman–Crippen LogP) is 2.40. The molecule has 2 heterocycles. The summed E-state index contributed by atoms with van der Waals surface area (Å²) in [6, 6.07) is 0.442. The van der Waals surface area contributed by atoms with Crippen molar-refractivity contribution in [3.05, 3.63) is 10.6 Å². The van der Waals surface area contributed by atoms with Gasteiger partial charge >= 0.3 is 5.97 Å². The van der Waals surface area contributed by atoms with Crippen LogP contribution in [0.5, 0.6) is 0 Å². The topological polar surface area (TPSA) is 65.5 Å². The third kappa shape index (κ3) is 3.06. The van der Waals surface area contributed by atoms with Gasteiger partial charge in [-0.05, 0) is 45.2 Å². The minimum absolute atomic E-state index is 0.407. The molecule has 1 aliphatic carbocycles. The first-order valence-corrected chi connectivity index (χ1v) is 8.53. The molecule has 1 aliphatic heterocycles. The molecule has 0 amide bonds. The molecule has 2 aliphatic rings. The van der Waals surface area contributed by atoms with Gasteiger partial charge < -0.3 is 15.3 Å². The van der Waals surface area contributed by atoms with E-state index in [-0.39, 0.29) is 0 Å². The van der Waals surface area contributed by atoms with E-state index in [0.29, 0.717) is 12.0 Å². The van der Waals surface area contributed by atoms with Crippen LogP contribution in [0, 0.1) is 5.92 Å². The summed E-state index contributed by atoms with van der Waals surface area (Å²) in [5.41, 5.74) is 0.807. The molecule has 0 saturated carbocycles. The second-order valence-corrected chi connectivity index (χ2v) is 7.47. The second kappa shape index (κ2) is 5.93. The molecular formula is C15H23N3O2S. The van der Waals surface area contributed by atoms with Gasteiger partial charge in [-0.1, -0.05) is 6.92 Å². The highest BCUT2D eigenvalue weighted by atomic mass is 32.1. The van der Waals surface area contributed by atoms with Crippen LogP contribution in [0.15, 0.2) is 0 Å². The van der Waals surface area contributed by atoms with Crippen molar-refractivity contribution in [1.29, 1.82) is 0 Å². The van der Waals surface area contributed by atoms with Crippen molar-refractivity contribution < 1.29 is 9.90 Å². The SMILES string of the molecule is CC1CN(C)CCC1Nc1nc2c(s1)CCCC2C(=O)O. The van der Waals surface area contributed by atoms with E-state index in [1.165, 1.54) is 0 Å². The molecule has 3 rings (SSSR count). The first kappa shape index (κ1) is 14.8. The number of aliphatic carboxylic acids is 1. The van der Waals surface area contributed by atoms with E-state index in [4.69, 9.17) is 0 Å². The lowest BCUT2D eigenvalue weighted by Crippen LogP contribution is -2.43. The molecule has 2 N–H and O–H groups in total. The summed E-state index contributed by atoms with van der Waals surface area (Å²) in [6.07, 6.45) is 3.76. The van der Waals surface area contributed by atoms with Gasteiger partial charge in [0.25, 0.3) is 0 Å². The fourth-order valence-electron chi connectivity index (χ4n) is 3.45. The molecule has 0 radical (unpaired) electrons. The number of thiazole rings is 1. The first-order chi connectivity index (χ1) is 10.0. The van der Waals surface area contributed by atoms with Crippen LogP contribution in [0.4, 0.5) is 5.13 Å². The van der Waals surface area contributed by atoms with Crippen molar-refractivity contribution in [2.75, 3.05) is 25.5 Å². The zero-order valence-electron chi connectivity index (χ0n) is 12.6. The third-order valence-corrected chi connectivity index (χ3v) is 5.73. The van der Waals surface area contributed by atoms with E-state index in [2.05, 4.69) is 29.2 Å². The lowest BCUT2D eigenvalue weighted by molar-refractivity contribution is -0.139. The Morgan fingerprint density at radius 1 is 1.48 bits per heavy atom. The molecule has 1 fully saturated rings. The maximum Gasteiger partial charge on any atom is 0.312 e. The molecule has 21 heavy (non-hydrogen) atoms.